The van der Waals surface area contributed by atoms with Gasteiger partial charge in [-0.3, -0.25) is 0 Å². The van der Waals surface area contributed by atoms with E-state index in [0.29, 0.717) is 17.6 Å². The van der Waals surface area contributed by atoms with Gasteiger partial charge in [0.1, 0.15) is 5.82 Å². The summed E-state index contributed by atoms with van der Waals surface area (Å²) >= 11 is 6.18. The third kappa shape index (κ3) is 2.59. The van der Waals surface area contributed by atoms with Crippen molar-refractivity contribution < 1.29 is 4.39 Å². The third-order valence-electron chi connectivity index (χ3n) is 3.72. The van der Waals surface area contributed by atoms with Gasteiger partial charge in [-0.2, -0.15) is 0 Å². The van der Waals surface area contributed by atoms with Gasteiger partial charge >= 0.3 is 0 Å². The molecule has 1 aliphatic rings. The second kappa shape index (κ2) is 5.22. The number of nitrogens with one attached hydrogen (secondary N) is 1. The van der Waals surface area contributed by atoms with Crippen molar-refractivity contribution in [3.05, 3.63) is 64.9 Å². The minimum atomic E-state index is -0.191. The fourth-order valence-electron chi connectivity index (χ4n) is 2.59. The molecule has 3 rings (SSSR count). The molecule has 1 aliphatic carbocycles. The minimum Gasteiger partial charge on any atom is -0.380 e. The zero-order valence-corrected chi connectivity index (χ0v) is 11.2. The fourth-order valence-corrected chi connectivity index (χ4v) is 2.88. The lowest BCUT2D eigenvalue weighted by atomic mass is 9.76. The molecule has 0 unspecified atom stereocenters. The van der Waals surface area contributed by atoms with Gasteiger partial charge in [0.25, 0.3) is 0 Å². The lowest BCUT2D eigenvalue weighted by molar-refractivity contribution is 0.373. The zero-order chi connectivity index (χ0) is 13.2. The van der Waals surface area contributed by atoms with Gasteiger partial charge in [0.2, 0.25) is 0 Å². The Bertz CT molecular complexity index is 578. The summed E-state index contributed by atoms with van der Waals surface area (Å²) in [6, 6.07) is 15.1. The van der Waals surface area contributed by atoms with Crippen molar-refractivity contribution in [2.45, 2.75) is 24.8 Å². The average Bonchev–Trinajstić information content (AvgIpc) is 2.37. The second-order valence-electron chi connectivity index (χ2n) is 5.01. The summed E-state index contributed by atoms with van der Waals surface area (Å²) in [6.45, 7) is 0. The molecule has 0 radical (unpaired) electrons. The van der Waals surface area contributed by atoms with E-state index in [1.807, 2.05) is 24.3 Å². The van der Waals surface area contributed by atoms with Gasteiger partial charge in [0, 0.05) is 11.1 Å². The smallest absolute Gasteiger partial charge is 0.146 e. The van der Waals surface area contributed by atoms with E-state index in [0.717, 1.165) is 17.9 Å². The maximum Gasteiger partial charge on any atom is 0.146 e. The predicted octanol–water partition coefficient (Wildman–Crippen LogP) is 4.84. The van der Waals surface area contributed by atoms with Crippen molar-refractivity contribution in [2.75, 3.05) is 5.32 Å². The van der Waals surface area contributed by atoms with E-state index < -0.39 is 0 Å². The summed E-state index contributed by atoms with van der Waals surface area (Å²) in [5, 5.41) is 4.08. The summed E-state index contributed by atoms with van der Waals surface area (Å²) in [7, 11) is 0. The Hall–Kier alpha value is -1.54. The molecular formula is C16H15ClFN. The molecule has 0 heterocycles. The molecule has 98 valence electrons. The molecule has 0 aliphatic heterocycles. The van der Waals surface area contributed by atoms with Crippen LogP contribution in [0.1, 0.15) is 24.3 Å². The van der Waals surface area contributed by atoms with Crippen LogP contribution in [-0.4, -0.2) is 6.04 Å². The first kappa shape index (κ1) is 12.5. The largest absolute Gasteiger partial charge is 0.380 e. The summed E-state index contributed by atoms with van der Waals surface area (Å²) in [5.74, 6) is 0.293. The van der Waals surface area contributed by atoms with Crippen LogP contribution >= 0.6 is 11.6 Å². The Morgan fingerprint density at radius 2 is 1.68 bits per heavy atom. The molecular weight excluding hydrogens is 261 g/mol. The molecule has 0 amide bonds. The quantitative estimate of drug-likeness (QED) is 0.845. The molecule has 0 aromatic heterocycles. The highest BCUT2D eigenvalue weighted by Gasteiger charge is 2.31. The van der Waals surface area contributed by atoms with Gasteiger partial charge in [0.05, 0.1) is 5.69 Å². The van der Waals surface area contributed by atoms with E-state index in [9.17, 15) is 4.39 Å². The first-order valence-corrected chi connectivity index (χ1v) is 6.87. The van der Waals surface area contributed by atoms with Gasteiger partial charge in [0.15, 0.2) is 0 Å². The van der Waals surface area contributed by atoms with Crippen LogP contribution in [0.2, 0.25) is 5.02 Å². The molecule has 1 nitrogen and oxygen atoms in total. The second-order valence-corrected chi connectivity index (χ2v) is 5.42. The maximum atomic E-state index is 13.5. The highest BCUT2D eigenvalue weighted by atomic mass is 35.5. The summed E-state index contributed by atoms with van der Waals surface area (Å²) in [6.07, 6.45) is 2.00. The normalized spacial score (nSPS) is 21.8. The van der Waals surface area contributed by atoms with Crippen LogP contribution < -0.4 is 5.32 Å². The third-order valence-corrected chi connectivity index (χ3v) is 4.06. The van der Waals surface area contributed by atoms with Crippen LogP contribution in [0.25, 0.3) is 0 Å². The number of hydrogen-bond donors (Lipinski definition) is 1. The Morgan fingerprint density at radius 1 is 1.00 bits per heavy atom. The van der Waals surface area contributed by atoms with Gasteiger partial charge in [-0.1, -0.05) is 41.9 Å². The number of para-hydroxylation sites is 1. The molecule has 1 saturated carbocycles. The summed E-state index contributed by atoms with van der Waals surface area (Å²) < 4.78 is 13.5. The van der Waals surface area contributed by atoms with E-state index in [2.05, 4.69) is 11.4 Å². The van der Waals surface area contributed by atoms with Crippen molar-refractivity contribution in [3.8, 4) is 0 Å². The van der Waals surface area contributed by atoms with Gasteiger partial charge < -0.3 is 5.32 Å². The monoisotopic (exact) mass is 275 g/mol. The van der Waals surface area contributed by atoms with E-state index in [1.165, 1.54) is 11.6 Å². The summed E-state index contributed by atoms with van der Waals surface area (Å²) in [5.41, 5.74) is 1.79. The molecule has 1 N–H and O–H groups in total. The van der Waals surface area contributed by atoms with Crippen molar-refractivity contribution in [1.29, 1.82) is 0 Å². The fraction of sp³-hybridized carbons (Fsp3) is 0.250. The topological polar surface area (TPSA) is 12.0 Å². The van der Waals surface area contributed by atoms with Crippen molar-refractivity contribution in [2.24, 2.45) is 0 Å². The molecule has 0 saturated heterocycles. The van der Waals surface area contributed by atoms with Crippen molar-refractivity contribution >= 4 is 17.3 Å². The van der Waals surface area contributed by atoms with Crippen LogP contribution in [0, 0.1) is 5.82 Å². The van der Waals surface area contributed by atoms with Crippen LogP contribution in [0.4, 0.5) is 10.1 Å². The van der Waals surface area contributed by atoms with E-state index in [1.54, 1.807) is 12.1 Å². The predicted molar refractivity (Wildman–Crippen MR) is 77.2 cm³/mol. The molecule has 0 atom stereocenters. The number of hydrogen-bond acceptors (Lipinski definition) is 1. The van der Waals surface area contributed by atoms with Crippen LogP contribution in [0.5, 0.6) is 0 Å². The molecule has 2 aromatic rings. The van der Waals surface area contributed by atoms with Gasteiger partial charge in [-0.05, 0) is 42.5 Å². The Balaban J connectivity index is 1.62. The SMILES string of the molecule is Fc1ccccc1NC1CC(c2ccccc2Cl)C1. The summed E-state index contributed by atoms with van der Waals surface area (Å²) in [4.78, 5) is 0. The number of benzene rings is 2. The van der Waals surface area contributed by atoms with Crippen LogP contribution in [0.3, 0.4) is 0 Å². The standard InChI is InChI=1S/C16H15ClFN/c17-14-6-2-1-5-13(14)11-9-12(10-11)19-16-8-4-3-7-15(16)18/h1-8,11-12,19H,9-10H2. The lowest BCUT2D eigenvalue weighted by Crippen LogP contribution is -2.34. The molecule has 0 bridgehead atoms. The maximum absolute atomic E-state index is 13.5. The Labute approximate surface area is 117 Å². The molecule has 3 heteroatoms. The van der Waals surface area contributed by atoms with Gasteiger partial charge in [-0.25, -0.2) is 4.39 Å². The Kier molecular flexibility index (Phi) is 3.43. The number of rotatable bonds is 3. The number of halogens is 2. The van der Waals surface area contributed by atoms with Crippen LogP contribution in [0.15, 0.2) is 48.5 Å². The van der Waals surface area contributed by atoms with E-state index in [4.69, 9.17) is 11.6 Å². The highest BCUT2D eigenvalue weighted by Crippen LogP contribution is 2.41. The first-order valence-electron chi connectivity index (χ1n) is 6.49. The van der Waals surface area contributed by atoms with Crippen molar-refractivity contribution in [3.63, 3.8) is 0 Å². The molecule has 2 aromatic carbocycles. The highest BCUT2D eigenvalue weighted by molar-refractivity contribution is 6.31. The van der Waals surface area contributed by atoms with E-state index >= 15 is 0 Å². The minimum absolute atomic E-state index is 0.191. The molecule has 19 heavy (non-hydrogen) atoms. The van der Waals surface area contributed by atoms with Gasteiger partial charge in [-0.15, -0.1) is 0 Å². The van der Waals surface area contributed by atoms with Crippen LogP contribution in [-0.2, 0) is 0 Å². The number of anilines is 1. The van der Waals surface area contributed by atoms with Crippen molar-refractivity contribution in [1.82, 2.24) is 0 Å². The first-order chi connectivity index (χ1) is 9.24. The molecule has 1 fully saturated rings. The average molecular weight is 276 g/mol. The van der Waals surface area contributed by atoms with E-state index in [-0.39, 0.29) is 5.82 Å². The molecule has 0 spiro atoms. The Morgan fingerprint density at radius 3 is 2.42 bits per heavy atom. The lowest BCUT2D eigenvalue weighted by Gasteiger charge is -2.37. The zero-order valence-electron chi connectivity index (χ0n) is 10.4.